The molecule has 0 aliphatic carbocycles. The van der Waals surface area contributed by atoms with Crippen molar-refractivity contribution in [1.29, 1.82) is 0 Å². The van der Waals surface area contributed by atoms with Gasteiger partial charge < -0.3 is 5.32 Å². The molecule has 0 aromatic carbocycles. The number of amidine groups is 1. The average molecular weight is 258 g/mol. The van der Waals surface area contributed by atoms with E-state index in [4.69, 9.17) is 4.99 Å². The summed E-state index contributed by atoms with van der Waals surface area (Å²) in [7, 11) is 0. The molecule has 2 saturated heterocycles. The Hall–Kier alpha value is 0.170. The van der Waals surface area contributed by atoms with E-state index in [-0.39, 0.29) is 0 Å². The van der Waals surface area contributed by atoms with E-state index < -0.39 is 0 Å². The lowest BCUT2D eigenvalue weighted by molar-refractivity contribution is 0.442. The first-order valence-electron chi connectivity index (χ1n) is 6.27. The van der Waals surface area contributed by atoms with Gasteiger partial charge in [0.1, 0.15) is 0 Å². The fourth-order valence-electron chi connectivity index (χ4n) is 2.09. The van der Waals surface area contributed by atoms with Crippen molar-refractivity contribution in [3.05, 3.63) is 0 Å². The first-order valence-corrected chi connectivity index (χ1v) is 8.41. The molecule has 0 aromatic heterocycles. The molecule has 2 nitrogen and oxygen atoms in total. The Bertz CT molecular complexity index is 247. The molecule has 1 N–H and O–H groups in total. The van der Waals surface area contributed by atoms with E-state index in [1.165, 1.54) is 35.3 Å². The Balaban J connectivity index is 1.81. The van der Waals surface area contributed by atoms with E-state index in [0.717, 1.165) is 12.5 Å². The van der Waals surface area contributed by atoms with Crippen LogP contribution in [0.2, 0.25) is 0 Å². The molecular formula is C12H22N2S2. The summed E-state index contributed by atoms with van der Waals surface area (Å²) in [6.07, 6.45) is 2.64. The predicted molar refractivity (Wildman–Crippen MR) is 76.6 cm³/mol. The molecule has 16 heavy (non-hydrogen) atoms. The van der Waals surface area contributed by atoms with Crippen LogP contribution < -0.4 is 5.32 Å². The Morgan fingerprint density at radius 1 is 1.38 bits per heavy atom. The number of nitrogens with one attached hydrogen (secondary N) is 1. The topological polar surface area (TPSA) is 24.4 Å². The van der Waals surface area contributed by atoms with E-state index in [1.54, 1.807) is 0 Å². The standard InChI is InChI=1S/C12H22N2S2/c1-9(2)11-4-6-16-12(14-11)13-7-10-3-5-15-8-10/h9-11H,3-8H2,1-2H3,(H,13,14). The third-order valence-corrected chi connectivity index (χ3v) is 5.49. The highest BCUT2D eigenvalue weighted by molar-refractivity contribution is 8.13. The Morgan fingerprint density at radius 3 is 2.94 bits per heavy atom. The normalized spacial score (nSPS) is 33.3. The molecule has 0 amide bonds. The van der Waals surface area contributed by atoms with Crippen LogP contribution in [0.3, 0.4) is 0 Å². The molecule has 2 aliphatic rings. The van der Waals surface area contributed by atoms with Crippen LogP contribution in [0.5, 0.6) is 0 Å². The number of rotatable bonds is 3. The van der Waals surface area contributed by atoms with Gasteiger partial charge in [0, 0.05) is 18.3 Å². The highest BCUT2D eigenvalue weighted by Gasteiger charge is 2.21. The zero-order chi connectivity index (χ0) is 11.4. The van der Waals surface area contributed by atoms with Gasteiger partial charge in [0.15, 0.2) is 5.17 Å². The summed E-state index contributed by atoms with van der Waals surface area (Å²) >= 11 is 3.98. The third kappa shape index (κ3) is 3.59. The van der Waals surface area contributed by atoms with Crippen molar-refractivity contribution in [2.75, 3.05) is 23.8 Å². The molecule has 0 spiro atoms. The molecule has 0 aromatic rings. The van der Waals surface area contributed by atoms with Crippen LogP contribution in [0.25, 0.3) is 0 Å². The smallest absolute Gasteiger partial charge is 0.156 e. The Labute approximate surface area is 107 Å². The first-order chi connectivity index (χ1) is 7.75. The minimum atomic E-state index is 0.637. The zero-order valence-electron chi connectivity index (χ0n) is 10.2. The predicted octanol–water partition coefficient (Wildman–Crippen LogP) is 2.85. The zero-order valence-corrected chi connectivity index (χ0v) is 11.9. The maximum atomic E-state index is 4.75. The largest absolute Gasteiger partial charge is 0.362 e. The van der Waals surface area contributed by atoms with Crippen molar-refractivity contribution in [3.63, 3.8) is 0 Å². The monoisotopic (exact) mass is 258 g/mol. The lowest BCUT2D eigenvalue weighted by Gasteiger charge is -2.28. The number of nitrogens with zero attached hydrogens (tertiary/aromatic N) is 1. The average Bonchev–Trinajstić information content (AvgIpc) is 2.79. The molecule has 0 saturated carbocycles. The van der Waals surface area contributed by atoms with Crippen molar-refractivity contribution in [3.8, 4) is 0 Å². The number of hydrogen-bond donors (Lipinski definition) is 1. The molecule has 0 bridgehead atoms. The number of thioether (sulfide) groups is 2. The lowest BCUT2D eigenvalue weighted by Crippen LogP contribution is -2.41. The van der Waals surface area contributed by atoms with Gasteiger partial charge >= 0.3 is 0 Å². The minimum absolute atomic E-state index is 0.637. The second-order valence-corrected chi connectivity index (χ2v) is 7.24. The summed E-state index contributed by atoms with van der Waals surface area (Å²) < 4.78 is 0. The van der Waals surface area contributed by atoms with Gasteiger partial charge in [-0.2, -0.15) is 11.8 Å². The molecule has 2 unspecified atom stereocenters. The molecule has 4 heteroatoms. The van der Waals surface area contributed by atoms with E-state index >= 15 is 0 Å². The van der Waals surface area contributed by atoms with E-state index in [9.17, 15) is 0 Å². The van der Waals surface area contributed by atoms with Gasteiger partial charge in [-0.05, 0) is 36.2 Å². The van der Waals surface area contributed by atoms with Crippen LogP contribution in [0.4, 0.5) is 0 Å². The molecule has 2 fully saturated rings. The van der Waals surface area contributed by atoms with Gasteiger partial charge in [-0.15, -0.1) is 0 Å². The summed E-state index contributed by atoms with van der Waals surface area (Å²) in [5.41, 5.74) is 0. The molecule has 2 aliphatic heterocycles. The molecule has 0 radical (unpaired) electrons. The van der Waals surface area contributed by atoms with Crippen LogP contribution in [-0.2, 0) is 0 Å². The van der Waals surface area contributed by atoms with Crippen LogP contribution in [0, 0.1) is 11.8 Å². The minimum Gasteiger partial charge on any atom is -0.362 e. The Kier molecular flexibility index (Phi) is 4.89. The summed E-state index contributed by atoms with van der Waals surface area (Å²) in [5.74, 6) is 5.43. The second kappa shape index (κ2) is 6.20. The van der Waals surface area contributed by atoms with Crippen LogP contribution >= 0.6 is 23.5 Å². The van der Waals surface area contributed by atoms with Crippen LogP contribution in [-0.4, -0.2) is 35.0 Å². The maximum Gasteiger partial charge on any atom is 0.156 e. The fourth-order valence-corrected chi connectivity index (χ4v) is 4.32. The quantitative estimate of drug-likeness (QED) is 0.842. The maximum absolute atomic E-state index is 4.75. The SMILES string of the molecule is CC(C)C1CCSC(=NCC2CCSC2)N1. The van der Waals surface area contributed by atoms with E-state index in [0.29, 0.717) is 12.0 Å². The van der Waals surface area contributed by atoms with Crippen LogP contribution in [0.15, 0.2) is 4.99 Å². The van der Waals surface area contributed by atoms with Gasteiger partial charge in [0.2, 0.25) is 0 Å². The molecule has 92 valence electrons. The molecule has 2 heterocycles. The third-order valence-electron chi connectivity index (χ3n) is 3.30. The van der Waals surface area contributed by atoms with Crippen molar-refractivity contribution >= 4 is 28.7 Å². The second-order valence-electron chi connectivity index (χ2n) is 5.01. The van der Waals surface area contributed by atoms with Crippen molar-refractivity contribution < 1.29 is 0 Å². The van der Waals surface area contributed by atoms with Crippen molar-refractivity contribution in [2.45, 2.75) is 32.7 Å². The van der Waals surface area contributed by atoms with Crippen molar-refractivity contribution in [1.82, 2.24) is 5.32 Å². The van der Waals surface area contributed by atoms with Gasteiger partial charge in [-0.1, -0.05) is 25.6 Å². The lowest BCUT2D eigenvalue weighted by atomic mass is 10.0. The molecule has 2 rings (SSSR count). The van der Waals surface area contributed by atoms with Gasteiger partial charge in [0.05, 0.1) is 0 Å². The number of aliphatic imine (C=N–C) groups is 1. The van der Waals surface area contributed by atoms with E-state index in [1.807, 2.05) is 11.8 Å². The highest BCUT2D eigenvalue weighted by Crippen LogP contribution is 2.24. The first kappa shape index (κ1) is 12.6. The summed E-state index contributed by atoms with van der Waals surface area (Å²) in [6, 6.07) is 0.637. The van der Waals surface area contributed by atoms with Gasteiger partial charge in [0.25, 0.3) is 0 Å². The molecular weight excluding hydrogens is 236 g/mol. The Morgan fingerprint density at radius 2 is 2.25 bits per heavy atom. The summed E-state index contributed by atoms with van der Waals surface area (Å²) in [6.45, 7) is 5.62. The summed E-state index contributed by atoms with van der Waals surface area (Å²) in [5, 5.41) is 4.78. The van der Waals surface area contributed by atoms with Gasteiger partial charge in [-0.25, -0.2) is 0 Å². The summed E-state index contributed by atoms with van der Waals surface area (Å²) in [4.78, 5) is 4.75. The fraction of sp³-hybridized carbons (Fsp3) is 0.917. The highest BCUT2D eigenvalue weighted by atomic mass is 32.2. The molecule has 2 atom stereocenters. The van der Waals surface area contributed by atoms with Crippen molar-refractivity contribution in [2.24, 2.45) is 16.8 Å². The van der Waals surface area contributed by atoms with Gasteiger partial charge in [-0.3, -0.25) is 4.99 Å². The number of hydrogen-bond acceptors (Lipinski definition) is 3. The van der Waals surface area contributed by atoms with Crippen LogP contribution in [0.1, 0.15) is 26.7 Å². The van der Waals surface area contributed by atoms with E-state index in [2.05, 4.69) is 30.9 Å².